The molecule has 46 heavy (non-hydrogen) atoms. The minimum absolute atomic E-state index is 0.0429. The van der Waals surface area contributed by atoms with E-state index in [2.05, 4.69) is 15.4 Å². The van der Waals surface area contributed by atoms with Crippen LogP contribution in [0.15, 0.2) is 79.3 Å². The van der Waals surface area contributed by atoms with E-state index >= 15 is 4.39 Å². The summed E-state index contributed by atoms with van der Waals surface area (Å²) in [6, 6.07) is 18.6. The number of aliphatic hydroxyl groups excluding tert-OH is 1. The highest BCUT2D eigenvalue weighted by molar-refractivity contribution is 5.74. The Balaban J connectivity index is 1.42. The molecule has 12 heteroatoms. The summed E-state index contributed by atoms with van der Waals surface area (Å²) in [5, 5.41) is 18.4. The topological polar surface area (TPSA) is 101 Å². The highest BCUT2D eigenvalue weighted by atomic mass is 19.3. The fourth-order valence-corrected chi connectivity index (χ4v) is 6.40. The Hall–Kier alpha value is -4.68. The minimum atomic E-state index is -2.96. The first-order valence-electron chi connectivity index (χ1n) is 14.9. The van der Waals surface area contributed by atoms with Gasteiger partial charge in [0.1, 0.15) is 23.8 Å². The molecule has 240 valence electrons. The molecule has 3 heterocycles. The van der Waals surface area contributed by atoms with Crippen molar-refractivity contribution in [3.8, 4) is 16.9 Å². The summed E-state index contributed by atoms with van der Waals surface area (Å²) in [7, 11) is 1.26. The normalized spacial score (nSPS) is 17.5. The predicted molar refractivity (Wildman–Crippen MR) is 168 cm³/mol. The standard InChI is InChI=1S/C34H34F4N6O2/c1-46-29-17-26(35)25(16-27(29)36)22-8-9-28(24(14-22)15-23-10-13-44-30(23)33(39)40-20-42-44)43-12-5-11-34(19-43,31(45)32(37)38)41-18-21-6-3-2-4-7-21/h2-4,6-10,13-14,16-17,20,31-32,41,45H,5,11-12,15,18-19H2,1H3,(H2,39,40,42)/t31-,34-/m1/s1. The number of aliphatic hydroxyl groups is 1. The number of anilines is 2. The number of benzene rings is 3. The van der Waals surface area contributed by atoms with E-state index in [4.69, 9.17) is 10.5 Å². The summed E-state index contributed by atoms with van der Waals surface area (Å²) in [5.41, 5.74) is 9.07. The van der Waals surface area contributed by atoms with E-state index in [1.807, 2.05) is 41.3 Å². The molecule has 0 saturated carbocycles. The molecule has 3 aromatic carbocycles. The van der Waals surface area contributed by atoms with E-state index in [9.17, 15) is 18.3 Å². The first-order valence-corrected chi connectivity index (χ1v) is 14.9. The second kappa shape index (κ2) is 13.0. The summed E-state index contributed by atoms with van der Waals surface area (Å²) >= 11 is 0. The Morgan fingerprint density at radius 3 is 2.61 bits per heavy atom. The maximum absolute atomic E-state index is 15.2. The third-order valence-corrected chi connectivity index (χ3v) is 8.74. The molecule has 8 nitrogen and oxygen atoms in total. The van der Waals surface area contributed by atoms with Crippen molar-refractivity contribution in [1.82, 2.24) is 19.9 Å². The number of alkyl halides is 2. The highest BCUT2D eigenvalue weighted by Crippen LogP contribution is 2.37. The van der Waals surface area contributed by atoms with Gasteiger partial charge in [-0.3, -0.25) is 0 Å². The van der Waals surface area contributed by atoms with Gasteiger partial charge in [-0.05, 0) is 59.4 Å². The molecular formula is C34H34F4N6O2. The number of nitrogens with one attached hydrogen (secondary N) is 1. The van der Waals surface area contributed by atoms with Gasteiger partial charge in [-0.25, -0.2) is 27.1 Å². The summed E-state index contributed by atoms with van der Waals surface area (Å²) in [6.07, 6.45) is -0.619. The number of halogens is 4. The van der Waals surface area contributed by atoms with Crippen LogP contribution in [-0.4, -0.2) is 58.0 Å². The average Bonchev–Trinajstić information content (AvgIpc) is 3.48. The Bertz CT molecular complexity index is 1840. The van der Waals surface area contributed by atoms with Gasteiger partial charge in [-0.1, -0.05) is 36.4 Å². The molecule has 0 spiro atoms. The van der Waals surface area contributed by atoms with Crippen LogP contribution >= 0.6 is 0 Å². The summed E-state index contributed by atoms with van der Waals surface area (Å²) in [5.74, 6) is -1.30. The molecule has 0 radical (unpaired) electrons. The van der Waals surface area contributed by atoms with Crippen LogP contribution < -0.4 is 20.7 Å². The molecule has 1 aliphatic rings. The van der Waals surface area contributed by atoms with Crippen molar-refractivity contribution < 1.29 is 27.4 Å². The Morgan fingerprint density at radius 2 is 1.85 bits per heavy atom. The van der Waals surface area contributed by atoms with E-state index in [0.717, 1.165) is 28.8 Å². The van der Waals surface area contributed by atoms with Crippen molar-refractivity contribution in [2.24, 2.45) is 0 Å². The predicted octanol–water partition coefficient (Wildman–Crippen LogP) is 5.61. The first-order chi connectivity index (χ1) is 22.2. The molecule has 2 atom stereocenters. The van der Waals surface area contributed by atoms with E-state index in [0.29, 0.717) is 49.1 Å². The molecule has 1 aliphatic heterocycles. The second-order valence-corrected chi connectivity index (χ2v) is 11.6. The van der Waals surface area contributed by atoms with Crippen LogP contribution in [0, 0.1) is 11.6 Å². The average molecular weight is 635 g/mol. The first kappa shape index (κ1) is 31.3. The number of piperidine rings is 1. The summed E-state index contributed by atoms with van der Waals surface area (Å²) in [4.78, 5) is 6.09. The van der Waals surface area contributed by atoms with Crippen molar-refractivity contribution in [3.05, 3.63) is 108 Å². The molecule has 5 aromatic rings. The van der Waals surface area contributed by atoms with Crippen LogP contribution in [0.4, 0.5) is 29.1 Å². The van der Waals surface area contributed by atoms with Crippen LogP contribution in [0.2, 0.25) is 0 Å². The number of nitrogen functional groups attached to an aromatic ring is 1. The Kier molecular flexibility index (Phi) is 8.83. The van der Waals surface area contributed by atoms with Crippen molar-refractivity contribution in [2.45, 2.75) is 43.9 Å². The third-order valence-electron chi connectivity index (χ3n) is 8.74. The Morgan fingerprint density at radius 1 is 1.04 bits per heavy atom. The molecule has 0 aliphatic carbocycles. The van der Waals surface area contributed by atoms with Gasteiger partial charge in [-0.2, -0.15) is 5.10 Å². The van der Waals surface area contributed by atoms with Crippen LogP contribution in [0.1, 0.15) is 29.5 Å². The minimum Gasteiger partial charge on any atom is -0.494 e. The van der Waals surface area contributed by atoms with E-state index in [-0.39, 0.29) is 23.7 Å². The van der Waals surface area contributed by atoms with Crippen LogP contribution in [-0.2, 0) is 13.0 Å². The number of rotatable bonds is 10. The third kappa shape index (κ3) is 6.10. The monoisotopic (exact) mass is 634 g/mol. The lowest BCUT2D eigenvalue weighted by Gasteiger charge is -2.47. The number of nitrogens with two attached hydrogens (primary N) is 1. The number of aromatic nitrogens is 3. The molecule has 6 rings (SSSR count). The van der Waals surface area contributed by atoms with Gasteiger partial charge in [-0.15, -0.1) is 0 Å². The molecular weight excluding hydrogens is 600 g/mol. The zero-order valence-electron chi connectivity index (χ0n) is 25.1. The quantitative estimate of drug-likeness (QED) is 0.172. The summed E-state index contributed by atoms with van der Waals surface area (Å²) in [6.45, 7) is 0.915. The maximum atomic E-state index is 15.2. The zero-order valence-corrected chi connectivity index (χ0v) is 25.1. The molecule has 4 N–H and O–H groups in total. The Labute approximate surface area is 263 Å². The number of fused-ring (bicyclic) bond motifs is 1. The molecule has 0 unspecified atom stereocenters. The number of ether oxygens (including phenoxy) is 1. The number of methoxy groups -OCH3 is 1. The number of nitrogens with zero attached hydrogens (tertiary/aromatic N) is 4. The summed E-state index contributed by atoms with van der Waals surface area (Å²) < 4.78 is 64.8. The van der Waals surface area contributed by atoms with Gasteiger partial charge in [0.15, 0.2) is 17.4 Å². The van der Waals surface area contributed by atoms with Crippen LogP contribution in [0.5, 0.6) is 5.75 Å². The van der Waals surface area contributed by atoms with Crippen molar-refractivity contribution in [2.75, 3.05) is 30.8 Å². The molecule has 0 bridgehead atoms. The van der Waals surface area contributed by atoms with Crippen molar-refractivity contribution in [1.29, 1.82) is 0 Å². The van der Waals surface area contributed by atoms with Gasteiger partial charge in [0.25, 0.3) is 6.43 Å². The molecule has 0 amide bonds. The lowest BCUT2D eigenvalue weighted by atomic mass is 9.82. The van der Waals surface area contributed by atoms with E-state index in [1.165, 1.54) is 13.4 Å². The second-order valence-electron chi connectivity index (χ2n) is 11.6. The lowest BCUT2D eigenvalue weighted by Crippen LogP contribution is -2.65. The van der Waals surface area contributed by atoms with Crippen molar-refractivity contribution in [3.63, 3.8) is 0 Å². The zero-order chi connectivity index (χ0) is 32.4. The van der Waals surface area contributed by atoms with E-state index < -0.39 is 29.7 Å². The molecule has 2 aromatic heterocycles. The van der Waals surface area contributed by atoms with E-state index in [1.54, 1.807) is 28.9 Å². The van der Waals surface area contributed by atoms with Gasteiger partial charge in [0, 0.05) is 49.6 Å². The van der Waals surface area contributed by atoms with Crippen LogP contribution in [0.3, 0.4) is 0 Å². The fraction of sp³-hybridized carbons (Fsp3) is 0.294. The largest absolute Gasteiger partial charge is 0.494 e. The smallest absolute Gasteiger partial charge is 0.265 e. The maximum Gasteiger partial charge on any atom is 0.265 e. The van der Waals surface area contributed by atoms with Gasteiger partial charge >= 0.3 is 0 Å². The fourth-order valence-electron chi connectivity index (χ4n) is 6.40. The van der Waals surface area contributed by atoms with Crippen molar-refractivity contribution >= 4 is 17.0 Å². The SMILES string of the molecule is COc1cc(F)c(-c2ccc(N3CCC[C@](NCc4ccccc4)([C@H](O)C(F)F)C3)c(Cc3ccn4ncnc(N)c34)c2)cc1F. The lowest BCUT2D eigenvalue weighted by molar-refractivity contribution is -0.0657. The van der Waals surface area contributed by atoms with Gasteiger partial charge in [0.2, 0.25) is 0 Å². The highest BCUT2D eigenvalue weighted by Gasteiger charge is 2.46. The molecule has 1 saturated heterocycles. The van der Waals surface area contributed by atoms with Gasteiger partial charge in [0.05, 0.1) is 12.6 Å². The van der Waals surface area contributed by atoms with Gasteiger partial charge < -0.3 is 25.8 Å². The number of hydrogen-bond acceptors (Lipinski definition) is 7. The number of hydrogen-bond donors (Lipinski definition) is 3. The van der Waals surface area contributed by atoms with Crippen LogP contribution in [0.25, 0.3) is 16.6 Å². The molecule has 1 fully saturated rings.